The van der Waals surface area contributed by atoms with Gasteiger partial charge in [-0.2, -0.15) is 0 Å². The van der Waals surface area contributed by atoms with Crippen LogP contribution in [0.25, 0.3) is 0 Å². The van der Waals surface area contributed by atoms with Crippen LogP contribution in [0.3, 0.4) is 0 Å². The van der Waals surface area contributed by atoms with E-state index in [9.17, 15) is 14.4 Å². The summed E-state index contributed by atoms with van der Waals surface area (Å²) in [5.41, 5.74) is -0.695. The molecule has 0 aliphatic heterocycles. The minimum atomic E-state index is -1.32. The van der Waals surface area contributed by atoms with Crippen molar-refractivity contribution in [3.63, 3.8) is 0 Å². The number of hydrogen-bond donors (Lipinski definition) is 3. The fraction of sp³-hybridized carbons (Fsp3) is 0.583. The normalized spacial score (nSPS) is 11.9. The number of carboxylic acids is 1. The molecule has 0 aromatic rings. The molecule has 20 heavy (non-hydrogen) atoms. The van der Waals surface area contributed by atoms with Crippen molar-refractivity contribution in [3.8, 4) is 0 Å². The average Bonchev–Trinajstić information content (AvgIpc) is 2.29. The van der Waals surface area contributed by atoms with Crippen molar-refractivity contribution in [2.24, 2.45) is 0 Å². The van der Waals surface area contributed by atoms with E-state index in [2.05, 4.69) is 21.9 Å². The zero-order chi connectivity index (χ0) is 15.8. The van der Waals surface area contributed by atoms with Gasteiger partial charge in [-0.25, -0.2) is 14.4 Å². The first-order valence-electron chi connectivity index (χ1n) is 5.89. The standard InChI is InChI=1S/C12H20N2O6/c1-5-6-19-11(18)14-8(9(15)16)7-13-10(17)20-12(2,3)4/h5,8H,1,6-7H2,2-4H3,(H,13,17)(H,14,18)(H,15,16)/t8-/m1/s1. The van der Waals surface area contributed by atoms with E-state index < -0.39 is 29.8 Å². The van der Waals surface area contributed by atoms with E-state index in [1.807, 2.05) is 0 Å². The highest BCUT2D eigenvalue weighted by Gasteiger charge is 2.23. The van der Waals surface area contributed by atoms with Crippen LogP contribution in [-0.4, -0.2) is 48.1 Å². The van der Waals surface area contributed by atoms with Gasteiger partial charge in [-0.15, -0.1) is 0 Å². The minimum absolute atomic E-state index is 0.0440. The van der Waals surface area contributed by atoms with Gasteiger partial charge in [0.25, 0.3) is 0 Å². The fourth-order valence-corrected chi connectivity index (χ4v) is 1.02. The maximum atomic E-state index is 11.4. The van der Waals surface area contributed by atoms with Crippen molar-refractivity contribution in [1.82, 2.24) is 10.6 Å². The van der Waals surface area contributed by atoms with Gasteiger partial charge in [0.05, 0.1) is 6.54 Å². The van der Waals surface area contributed by atoms with Crippen molar-refractivity contribution >= 4 is 18.2 Å². The van der Waals surface area contributed by atoms with Crippen molar-refractivity contribution in [2.45, 2.75) is 32.4 Å². The van der Waals surface area contributed by atoms with Crippen LogP contribution in [0.1, 0.15) is 20.8 Å². The van der Waals surface area contributed by atoms with Gasteiger partial charge in [0.1, 0.15) is 18.2 Å². The lowest BCUT2D eigenvalue weighted by Crippen LogP contribution is -2.49. The zero-order valence-electron chi connectivity index (χ0n) is 11.8. The number of carboxylic acid groups (broad SMARTS) is 1. The number of hydrogen-bond acceptors (Lipinski definition) is 5. The van der Waals surface area contributed by atoms with Crippen molar-refractivity contribution in [2.75, 3.05) is 13.2 Å². The molecule has 0 rings (SSSR count). The summed E-state index contributed by atoms with van der Waals surface area (Å²) in [6, 6.07) is -1.32. The van der Waals surface area contributed by atoms with Gasteiger partial charge < -0.3 is 25.2 Å². The predicted octanol–water partition coefficient (Wildman–Crippen LogP) is 0.876. The average molecular weight is 288 g/mol. The first-order valence-corrected chi connectivity index (χ1v) is 5.89. The molecule has 0 bridgehead atoms. The molecule has 2 amide bonds. The molecule has 0 saturated heterocycles. The highest BCUT2D eigenvalue weighted by molar-refractivity contribution is 5.81. The predicted molar refractivity (Wildman–Crippen MR) is 70.3 cm³/mol. The Kier molecular flexibility index (Phi) is 7.12. The lowest BCUT2D eigenvalue weighted by atomic mass is 10.2. The van der Waals surface area contributed by atoms with Gasteiger partial charge >= 0.3 is 18.2 Å². The van der Waals surface area contributed by atoms with Crippen LogP contribution in [0.2, 0.25) is 0 Å². The van der Waals surface area contributed by atoms with E-state index in [-0.39, 0.29) is 13.2 Å². The summed E-state index contributed by atoms with van der Waals surface area (Å²) >= 11 is 0. The quantitative estimate of drug-likeness (QED) is 0.625. The van der Waals surface area contributed by atoms with E-state index in [0.717, 1.165) is 0 Å². The number of rotatable bonds is 6. The third-order valence-corrected chi connectivity index (χ3v) is 1.77. The summed E-state index contributed by atoms with van der Waals surface area (Å²) in [6.45, 7) is 7.99. The molecule has 114 valence electrons. The van der Waals surface area contributed by atoms with E-state index in [4.69, 9.17) is 9.84 Å². The molecule has 1 atom stereocenters. The van der Waals surface area contributed by atoms with E-state index in [1.54, 1.807) is 20.8 Å². The maximum absolute atomic E-state index is 11.4. The molecule has 0 heterocycles. The Bertz CT molecular complexity index is 375. The fourth-order valence-electron chi connectivity index (χ4n) is 1.02. The molecule has 0 spiro atoms. The first-order chi connectivity index (χ1) is 9.15. The SMILES string of the molecule is C=CCOC(=O)N[C@H](CNC(=O)OC(C)(C)C)C(=O)O. The second kappa shape index (κ2) is 8.03. The second-order valence-corrected chi connectivity index (χ2v) is 4.81. The summed E-state index contributed by atoms with van der Waals surface area (Å²) < 4.78 is 9.52. The molecule has 0 aliphatic rings. The Morgan fingerprint density at radius 2 is 1.90 bits per heavy atom. The smallest absolute Gasteiger partial charge is 0.408 e. The molecule has 0 radical (unpaired) electrons. The van der Waals surface area contributed by atoms with Crippen LogP contribution >= 0.6 is 0 Å². The van der Waals surface area contributed by atoms with Gasteiger partial charge in [0.2, 0.25) is 0 Å². The summed E-state index contributed by atoms with van der Waals surface area (Å²) in [4.78, 5) is 33.5. The Hall–Kier alpha value is -2.25. The maximum Gasteiger partial charge on any atom is 0.408 e. The Morgan fingerprint density at radius 1 is 1.30 bits per heavy atom. The lowest BCUT2D eigenvalue weighted by Gasteiger charge is -2.21. The number of aliphatic carboxylic acids is 1. The Morgan fingerprint density at radius 3 is 2.35 bits per heavy atom. The zero-order valence-corrected chi connectivity index (χ0v) is 11.8. The van der Waals surface area contributed by atoms with Gasteiger partial charge in [0.15, 0.2) is 0 Å². The molecule has 3 N–H and O–H groups in total. The molecular weight excluding hydrogens is 268 g/mol. The molecule has 0 aromatic heterocycles. The number of carbonyl (C=O) groups is 3. The van der Waals surface area contributed by atoms with Gasteiger partial charge in [-0.05, 0) is 20.8 Å². The van der Waals surface area contributed by atoms with E-state index in [0.29, 0.717) is 0 Å². The summed E-state index contributed by atoms with van der Waals surface area (Å²) in [5, 5.41) is 13.3. The third-order valence-electron chi connectivity index (χ3n) is 1.77. The number of ether oxygens (including phenoxy) is 2. The van der Waals surface area contributed by atoms with E-state index in [1.165, 1.54) is 6.08 Å². The van der Waals surface area contributed by atoms with Crippen molar-refractivity contribution in [3.05, 3.63) is 12.7 Å². The summed E-state index contributed by atoms with van der Waals surface area (Å²) in [7, 11) is 0. The highest BCUT2D eigenvalue weighted by Crippen LogP contribution is 2.06. The summed E-state index contributed by atoms with van der Waals surface area (Å²) in [5.74, 6) is -1.31. The van der Waals surface area contributed by atoms with Crippen LogP contribution in [0.4, 0.5) is 9.59 Å². The van der Waals surface area contributed by atoms with Crippen LogP contribution in [0, 0.1) is 0 Å². The van der Waals surface area contributed by atoms with Crippen LogP contribution < -0.4 is 10.6 Å². The Labute approximate surface area is 117 Å². The largest absolute Gasteiger partial charge is 0.480 e. The van der Waals surface area contributed by atoms with Crippen molar-refractivity contribution in [1.29, 1.82) is 0 Å². The molecule has 0 aliphatic carbocycles. The molecule has 0 aromatic carbocycles. The van der Waals surface area contributed by atoms with Gasteiger partial charge in [-0.3, -0.25) is 0 Å². The Balaban J connectivity index is 4.28. The topological polar surface area (TPSA) is 114 Å². The number of carbonyl (C=O) groups excluding carboxylic acids is 2. The monoisotopic (exact) mass is 288 g/mol. The van der Waals surface area contributed by atoms with E-state index >= 15 is 0 Å². The van der Waals surface area contributed by atoms with Gasteiger partial charge in [-0.1, -0.05) is 12.7 Å². The van der Waals surface area contributed by atoms with Crippen LogP contribution in [0.15, 0.2) is 12.7 Å². The molecule has 0 fully saturated rings. The second-order valence-electron chi connectivity index (χ2n) is 4.81. The third kappa shape index (κ3) is 8.78. The first kappa shape index (κ1) is 17.8. The van der Waals surface area contributed by atoms with Gasteiger partial charge in [0, 0.05) is 0 Å². The van der Waals surface area contributed by atoms with Crippen molar-refractivity contribution < 1.29 is 29.0 Å². The minimum Gasteiger partial charge on any atom is -0.480 e. The van der Waals surface area contributed by atoms with Crippen LogP contribution in [0.5, 0.6) is 0 Å². The summed E-state index contributed by atoms with van der Waals surface area (Å²) in [6.07, 6.45) is -0.345. The number of alkyl carbamates (subject to hydrolysis) is 2. The molecule has 0 unspecified atom stereocenters. The molecular formula is C12H20N2O6. The highest BCUT2D eigenvalue weighted by atomic mass is 16.6. The number of nitrogens with one attached hydrogen (secondary N) is 2. The molecule has 8 heteroatoms. The number of amides is 2. The molecule has 0 saturated carbocycles. The van der Waals surface area contributed by atoms with Crippen LogP contribution in [-0.2, 0) is 14.3 Å². The molecule has 8 nitrogen and oxygen atoms in total. The lowest BCUT2D eigenvalue weighted by molar-refractivity contribution is -0.139.